The van der Waals surface area contributed by atoms with Crippen LogP contribution in [0.5, 0.6) is 0 Å². The van der Waals surface area contributed by atoms with Crippen molar-refractivity contribution in [2.75, 3.05) is 0 Å². The number of aliphatic carboxylic acids is 1. The normalized spacial score (nSPS) is 10.0. The van der Waals surface area contributed by atoms with E-state index in [1.54, 1.807) is 6.92 Å². The first-order valence-corrected chi connectivity index (χ1v) is 2.11. The van der Waals surface area contributed by atoms with Crippen LogP contribution in [0.1, 0.15) is 6.92 Å². The molecule has 8 heavy (non-hydrogen) atoms. The molecule has 4 heteroatoms. The monoisotopic (exact) mass is 184 g/mol. The van der Waals surface area contributed by atoms with Crippen LogP contribution in [0, 0.1) is 0 Å². The zero-order valence-electron chi connectivity index (χ0n) is 4.52. The third-order valence-corrected chi connectivity index (χ3v) is 0.838. The zero-order chi connectivity index (χ0) is 5.86. The Morgan fingerprint density at radius 3 is 2.12 bits per heavy atom. The van der Waals surface area contributed by atoms with Gasteiger partial charge in [0.15, 0.2) is 0 Å². The van der Waals surface area contributed by atoms with Crippen LogP contribution < -0.4 is 0 Å². The van der Waals surface area contributed by atoms with E-state index in [1.807, 2.05) is 0 Å². The van der Waals surface area contributed by atoms with Gasteiger partial charge in [-0.1, -0.05) is 17.7 Å². The fourth-order valence-electron chi connectivity index (χ4n) is 0.123. The first kappa shape index (κ1) is 11.0. The number of allylic oxidation sites excluding steroid dienone is 1. The summed E-state index contributed by atoms with van der Waals surface area (Å²) in [5.74, 6) is -1.08. The minimum atomic E-state index is -1.08. The van der Waals surface area contributed by atoms with Gasteiger partial charge in [0.25, 0.3) is 0 Å². The van der Waals surface area contributed by atoms with Crippen molar-refractivity contribution in [2.24, 2.45) is 0 Å². The minimum Gasteiger partial charge on any atom is -0.477 e. The van der Waals surface area contributed by atoms with Crippen molar-refractivity contribution in [3.63, 3.8) is 0 Å². The third kappa shape index (κ3) is 4.29. The largest absolute Gasteiger partial charge is 0.477 e. The van der Waals surface area contributed by atoms with Crippen LogP contribution in [-0.2, 0) is 24.3 Å². The molecular weight excluding hydrogens is 181 g/mol. The first-order chi connectivity index (χ1) is 3.18. The molecule has 0 fully saturated rings. The molecule has 0 rings (SSSR count). The molecule has 0 aromatic carbocycles. The molecule has 0 spiro atoms. The van der Waals surface area contributed by atoms with E-state index in [1.165, 1.54) is 6.08 Å². The standard InChI is InChI=1S/C4H5ClO2.Zn/c1-2-3(5)4(6)7;/h2H,1H3,(H,6,7);. The summed E-state index contributed by atoms with van der Waals surface area (Å²) in [5.41, 5.74) is 0. The number of halogens is 1. The predicted molar refractivity (Wildman–Crippen MR) is 27.2 cm³/mol. The third-order valence-electron chi connectivity index (χ3n) is 0.458. The number of rotatable bonds is 1. The summed E-state index contributed by atoms with van der Waals surface area (Å²) < 4.78 is 0. The molecule has 42 valence electrons. The Morgan fingerprint density at radius 1 is 1.75 bits per heavy atom. The van der Waals surface area contributed by atoms with E-state index in [-0.39, 0.29) is 24.5 Å². The molecule has 0 aromatic heterocycles. The van der Waals surface area contributed by atoms with Gasteiger partial charge in [-0.3, -0.25) is 0 Å². The van der Waals surface area contributed by atoms with Gasteiger partial charge in [-0.15, -0.1) is 0 Å². The fourth-order valence-corrected chi connectivity index (χ4v) is 0.123. The van der Waals surface area contributed by atoms with E-state index >= 15 is 0 Å². The molecule has 0 atom stereocenters. The molecular formula is C4H5ClO2Zn. The maximum absolute atomic E-state index is 9.73. The number of carboxylic acid groups (broad SMARTS) is 1. The van der Waals surface area contributed by atoms with Crippen molar-refractivity contribution >= 4 is 17.6 Å². The van der Waals surface area contributed by atoms with Crippen LogP contribution in [0.2, 0.25) is 0 Å². The maximum Gasteiger partial charge on any atom is 0.346 e. The molecule has 0 unspecified atom stereocenters. The molecule has 0 radical (unpaired) electrons. The van der Waals surface area contributed by atoms with Gasteiger partial charge in [-0.25, -0.2) is 4.79 Å². The number of carbonyl (C=O) groups is 1. The Labute approximate surface area is 65.3 Å². The molecule has 0 saturated heterocycles. The molecule has 0 bridgehead atoms. The summed E-state index contributed by atoms with van der Waals surface area (Å²) in [6.07, 6.45) is 1.32. The summed E-state index contributed by atoms with van der Waals surface area (Å²) in [5, 5.41) is 7.84. The molecule has 0 aliphatic rings. The van der Waals surface area contributed by atoms with E-state index in [9.17, 15) is 4.79 Å². The van der Waals surface area contributed by atoms with Crippen LogP contribution in [0.3, 0.4) is 0 Å². The van der Waals surface area contributed by atoms with Crippen molar-refractivity contribution in [2.45, 2.75) is 6.92 Å². The predicted octanol–water partition coefficient (Wildman–Crippen LogP) is 1.21. The molecule has 0 aliphatic heterocycles. The van der Waals surface area contributed by atoms with Crippen LogP contribution in [0.15, 0.2) is 11.1 Å². The average Bonchev–Trinajstić information content (AvgIpc) is 1.65. The van der Waals surface area contributed by atoms with E-state index in [2.05, 4.69) is 0 Å². The molecule has 2 nitrogen and oxygen atoms in total. The number of carboxylic acids is 1. The Balaban J connectivity index is 0. The second-order valence-electron chi connectivity index (χ2n) is 0.942. The summed E-state index contributed by atoms with van der Waals surface area (Å²) in [6.45, 7) is 1.57. The first-order valence-electron chi connectivity index (χ1n) is 1.73. The Bertz CT molecular complexity index is 111. The summed E-state index contributed by atoms with van der Waals surface area (Å²) in [6, 6.07) is 0. The van der Waals surface area contributed by atoms with E-state index < -0.39 is 5.97 Å². The van der Waals surface area contributed by atoms with Gasteiger partial charge >= 0.3 is 5.97 Å². The second-order valence-corrected chi connectivity index (χ2v) is 1.35. The van der Waals surface area contributed by atoms with Crippen LogP contribution in [0.25, 0.3) is 0 Å². The molecule has 1 N–H and O–H groups in total. The van der Waals surface area contributed by atoms with Gasteiger partial charge in [-0.05, 0) is 6.92 Å². The fraction of sp³-hybridized carbons (Fsp3) is 0.250. The minimum absolute atomic E-state index is 0. The molecule has 0 aliphatic carbocycles. The zero-order valence-corrected chi connectivity index (χ0v) is 8.24. The van der Waals surface area contributed by atoms with E-state index in [4.69, 9.17) is 16.7 Å². The van der Waals surface area contributed by atoms with Gasteiger partial charge in [0.2, 0.25) is 0 Å². The Hall–Kier alpha value is 0.123. The smallest absolute Gasteiger partial charge is 0.346 e. The maximum atomic E-state index is 9.73. The molecule has 0 saturated carbocycles. The summed E-state index contributed by atoms with van der Waals surface area (Å²) in [7, 11) is 0. The topological polar surface area (TPSA) is 37.3 Å². The summed E-state index contributed by atoms with van der Waals surface area (Å²) in [4.78, 5) is 9.73. The van der Waals surface area contributed by atoms with Crippen molar-refractivity contribution in [3.8, 4) is 0 Å². The SMILES string of the molecule is CC=C(Cl)C(=O)O.[Zn]. The number of hydrogen-bond donors (Lipinski definition) is 1. The van der Waals surface area contributed by atoms with E-state index in [0.29, 0.717) is 0 Å². The van der Waals surface area contributed by atoms with Crippen molar-refractivity contribution in [3.05, 3.63) is 11.1 Å². The number of hydrogen-bond acceptors (Lipinski definition) is 1. The summed E-state index contributed by atoms with van der Waals surface area (Å²) >= 11 is 5.06. The molecule has 0 amide bonds. The van der Waals surface area contributed by atoms with E-state index in [0.717, 1.165) is 0 Å². The quantitative estimate of drug-likeness (QED) is 0.493. The van der Waals surface area contributed by atoms with Crippen molar-refractivity contribution in [1.29, 1.82) is 0 Å². The van der Waals surface area contributed by atoms with Crippen molar-refractivity contribution < 1.29 is 29.4 Å². The van der Waals surface area contributed by atoms with Gasteiger partial charge in [0.1, 0.15) is 5.03 Å². The van der Waals surface area contributed by atoms with Crippen LogP contribution in [0.4, 0.5) is 0 Å². The molecule has 0 aromatic rings. The van der Waals surface area contributed by atoms with Crippen LogP contribution >= 0.6 is 11.6 Å². The molecule has 0 heterocycles. The van der Waals surface area contributed by atoms with Gasteiger partial charge in [-0.2, -0.15) is 0 Å². The van der Waals surface area contributed by atoms with Crippen LogP contribution in [-0.4, -0.2) is 11.1 Å². The average molecular weight is 186 g/mol. The van der Waals surface area contributed by atoms with Gasteiger partial charge in [0, 0.05) is 19.5 Å². The second kappa shape index (κ2) is 5.26. The van der Waals surface area contributed by atoms with Gasteiger partial charge in [0.05, 0.1) is 0 Å². The van der Waals surface area contributed by atoms with Crippen molar-refractivity contribution in [1.82, 2.24) is 0 Å². The Kier molecular flexibility index (Phi) is 7.23. The Morgan fingerprint density at radius 2 is 2.12 bits per heavy atom. The van der Waals surface area contributed by atoms with Gasteiger partial charge < -0.3 is 5.11 Å².